The Labute approximate surface area is 114 Å². The van der Waals surface area contributed by atoms with E-state index in [2.05, 4.69) is 4.72 Å². The minimum Gasteiger partial charge on any atom is -0.424 e. The van der Waals surface area contributed by atoms with Crippen LogP contribution in [0.1, 0.15) is 26.3 Å². The fourth-order valence-corrected chi connectivity index (χ4v) is 1.82. The quantitative estimate of drug-likeness (QED) is 0.683. The topological polar surface area (TPSA) is 72.5 Å². The minimum absolute atomic E-state index is 0.205. The highest BCUT2D eigenvalue weighted by atomic mass is 32.2. The van der Waals surface area contributed by atoms with Crippen molar-refractivity contribution in [2.45, 2.75) is 27.7 Å². The number of hydrogen-bond donors (Lipinski definition) is 1. The smallest absolute Gasteiger partial charge is 0.316 e. The highest BCUT2D eigenvalue weighted by molar-refractivity contribution is 7.92. The molecule has 0 atom stereocenters. The zero-order valence-electron chi connectivity index (χ0n) is 11.8. The van der Waals surface area contributed by atoms with Gasteiger partial charge in [-0.25, -0.2) is 8.42 Å². The Balaban J connectivity index is 3.11. The molecule has 0 amide bonds. The summed E-state index contributed by atoms with van der Waals surface area (Å²) in [6.07, 6.45) is 1.05. The highest BCUT2D eigenvalue weighted by Crippen LogP contribution is 2.28. The molecule has 0 bridgehead atoms. The molecule has 0 saturated carbocycles. The van der Waals surface area contributed by atoms with Crippen LogP contribution in [0.2, 0.25) is 0 Å². The van der Waals surface area contributed by atoms with E-state index in [-0.39, 0.29) is 11.4 Å². The lowest BCUT2D eigenvalue weighted by atomic mass is 9.97. The maximum Gasteiger partial charge on any atom is 0.316 e. The molecular formula is C13H19NO4S. The first kappa shape index (κ1) is 15.5. The van der Waals surface area contributed by atoms with Gasteiger partial charge >= 0.3 is 5.97 Å². The monoisotopic (exact) mass is 285 g/mol. The summed E-state index contributed by atoms with van der Waals surface area (Å²) in [5.41, 5.74) is 0.467. The molecule has 0 aliphatic rings. The van der Waals surface area contributed by atoms with Crippen LogP contribution in [-0.4, -0.2) is 20.6 Å². The van der Waals surface area contributed by atoms with Crippen LogP contribution in [0.15, 0.2) is 18.2 Å². The Hall–Kier alpha value is -1.56. The molecule has 0 aliphatic heterocycles. The SMILES string of the molecule is Cc1ccc(OC(=O)C(C)(C)C)c(NS(C)(=O)=O)c1. The third kappa shape index (κ3) is 4.90. The minimum atomic E-state index is -3.43. The molecule has 0 spiro atoms. The van der Waals surface area contributed by atoms with Gasteiger partial charge in [-0.15, -0.1) is 0 Å². The van der Waals surface area contributed by atoms with Gasteiger partial charge in [0.05, 0.1) is 17.4 Å². The standard InChI is InChI=1S/C13H19NO4S/c1-9-6-7-11(18-12(15)13(2,3)4)10(8-9)14-19(5,16)17/h6-8,14H,1-5H3. The summed E-state index contributed by atoms with van der Waals surface area (Å²) in [4.78, 5) is 11.8. The molecule has 1 N–H and O–H groups in total. The number of nitrogens with one attached hydrogen (secondary N) is 1. The summed E-state index contributed by atoms with van der Waals surface area (Å²) in [5.74, 6) is -0.219. The fraction of sp³-hybridized carbons (Fsp3) is 0.462. The Bertz CT molecular complexity index is 585. The van der Waals surface area contributed by atoms with Crippen LogP contribution in [0.3, 0.4) is 0 Å². The van der Waals surface area contributed by atoms with Crippen LogP contribution < -0.4 is 9.46 Å². The van der Waals surface area contributed by atoms with Crippen LogP contribution in [0, 0.1) is 12.3 Å². The van der Waals surface area contributed by atoms with Crippen molar-refractivity contribution in [1.29, 1.82) is 0 Å². The van der Waals surface area contributed by atoms with Crippen molar-refractivity contribution in [3.63, 3.8) is 0 Å². The zero-order chi connectivity index (χ0) is 14.8. The third-order valence-corrected chi connectivity index (χ3v) is 2.84. The van der Waals surface area contributed by atoms with E-state index in [1.807, 2.05) is 6.92 Å². The Morgan fingerprint density at radius 1 is 1.26 bits per heavy atom. The first-order chi connectivity index (χ1) is 8.49. The van der Waals surface area contributed by atoms with Crippen molar-refractivity contribution in [1.82, 2.24) is 0 Å². The molecule has 19 heavy (non-hydrogen) atoms. The molecule has 0 radical (unpaired) electrons. The number of hydrogen-bond acceptors (Lipinski definition) is 4. The number of rotatable bonds is 3. The van der Waals surface area contributed by atoms with Crippen molar-refractivity contribution in [2.24, 2.45) is 5.41 Å². The number of ether oxygens (including phenoxy) is 1. The number of carbonyl (C=O) groups excluding carboxylic acids is 1. The molecule has 0 aliphatic carbocycles. The molecule has 1 rings (SSSR count). The van der Waals surface area contributed by atoms with Gasteiger partial charge in [0.1, 0.15) is 0 Å². The lowest BCUT2D eigenvalue weighted by molar-refractivity contribution is -0.142. The molecular weight excluding hydrogens is 266 g/mol. The van der Waals surface area contributed by atoms with Gasteiger partial charge < -0.3 is 4.74 Å². The Kier molecular flexibility index (Phi) is 4.25. The maximum atomic E-state index is 11.8. The summed E-state index contributed by atoms with van der Waals surface area (Å²) in [7, 11) is -3.43. The van der Waals surface area contributed by atoms with Gasteiger partial charge in [0.25, 0.3) is 0 Å². The number of carbonyl (C=O) groups is 1. The summed E-state index contributed by atoms with van der Waals surface area (Å²) in [6, 6.07) is 4.94. The van der Waals surface area contributed by atoms with Crippen molar-refractivity contribution in [2.75, 3.05) is 11.0 Å². The average Bonchev–Trinajstić information content (AvgIpc) is 2.18. The van der Waals surface area contributed by atoms with Gasteiger partial charge in [-0.2, -0.15) is 0 Å². The van der Waals surface area contributed by atoms with E-state index in [1.165, 1.54) is 0 Å². The van der Waals surface area contributed by atoms with E-state index in [0.717, 1.165) is 11.8 Å². The summed E-state index contributed by atoms with van der Waals surface area (Å²) < 4.78 is 30.2. The van der Waals surface area contributed by atoms with Gasteiger partial charge in [0.15, 0.2) is 5.75 Å². The first-order valence-corrected chi connectivity index (χ1v) is 7.69. The molecule has 0 unspecified atom stereocenters. The van der Waals surface area contributed by atoms with Gasteiger partial charge in [0.2, 0.25) is 10.0 Å². The third-order valence-electron chi connectivity index (χ3n) is 2.25. The van der Waals surface area contributed by atoms with E-state index in [4.69, 9.17) is 4.74 Å². The molecule has 6 heteroatoms. The van der Waals surface area contributed by atoms with E-state index >= 15 is 0 Å². The average molecular weight is 285 g/mol. The summed E-state index contributed by atoms with van der Waals surface area (Å²) in [6.45, 7) is 7.01. The molecule has 1 aromatic carbocycles. The lowest BCUT2D eigenvalue weighted by Gasteiger charge is -2.18. The number of esters is 1. The second-order valence-corrected chi connectivity index (χ2v) is 7.26. The van der Waals surface area contributed by atoms with E-state index in [0.29, 0.717) is 0 Å². The lowest BCUT2D eigenvalue weighted by Crippen LogP contribution is -2.26. The van der Waals surface area contributed by atoms with Crippen LogP contribution in [-0.2, 0) is 14.8 Å². The maximum absolute atomic E-state index is 11.8. The zero-order valence-corrected chi connectivity index (χ0v) is 12.6. The molecule has 0 aromatic heterocycles. The molecule has 5 nitrogen and oxygen atoms in total. The largest absolute Gasteiger partial charge is 0.424 e. The van der Waals surface area contributed by atoms with E-state index in [1.54, 1.807) is 39.0 Å². The van der Waals surface area contributed by atoms with Crippen molar-refractivity contribution >= 4 is 21.7 Å². The van der Waals surface area contributed by atoms with Gasteiger partial charge in [-0.05, 0) is 45.4 Å². The molecule has 0 fully saturated rings. The molecule has 0 heterocycles. The molecule has 1 aromatic rings. The first-order valence-electron chi connectivity index (χ1n) is 5.80. The molecule has 106 valence electrons. The van der Waals surface area contributed by atoms with Gasteiger partial charge in [-0.1, -0.05) is 6.07 Å². The summed E-state index contributed by atoms with van der Waals surface area (Å²) in [5, 5.41) is 0. The van der Waals surface area contributed by atoms with E-state index in [9.17, 15) is 13.2 Å². The Morgan fingerprint density at radius 3 is 2.32 bits per heavy atom. The number of benzene rings is 1. The van der Waals surface area contributed by atoms with Crippen LogP contribution in [0.25, 0.3) is 0 Å². The van der Waals surface area contributed by atoms with Crippen molar-refractivity contribution in [3.8, 4) is 5.75 Å². The summed E-state index contributed by atoms with van der Waals surface area (Å²) >= 11 is 0. The Morgan fingerprint density at radius 2 is 1.84 bits per heavy atom. The fourth-order valence-electron chi connectivity index (χ4n) is 1.27. The van der Waals surface area contributed by atoms with Crippen molar-refractivity contribution < 1.29 is 17.9 Å². The van der Waals surface area contributed by atoms with E-state index < -0.39 is 21.4 Å². The second kappa shape index (κ2) is 5.21. The van der Waals surface area contributed by atoms with Gasteiger partial charge in [0, 0.05) is 0 Å². The number of anilines is 1. The predicted molar refractivity (Wildman–Crippen MR) is 74.7 cm³/mol. The van der Waals surface area contributed by atoms with Gasteiger partial charge in [-0.3, -0.25) is 9.52 Å². The predicted octanol–water partition coefficient (Wildman–Crippen LogP) is 2.32. The van der Waals surface area contributed by atoms with Crippen LogP contribution >= 0.6 is 0 Å². The van der Waals surface area contributed by atoms with Crippen LogP contribution in [0.4, 0.5) is 5.69 Å². The highest BCUT2D eigenvalue weighted by Gasteiger charge is 2.25. The molecule has 0 saturated heterocycles. The normalized spacial score (nSPS) is 12.1. The number of aryl methyl sites for hydroxylation is 1. The van der Waals surface area contributed by atoms with Crippen LogP contribution in [0.5, 0.6) is 5.75 Å². The number of sulfonamides is 1. The van der Waals surface area contributed by atoms with Crippen molar-refractivity contribution in [3.05, 3.63) is 23.8 Å². The second-order valence-electron chi connectivity index (χ2n) is 5.51.